The number of hydrogen-bond acceptors (Lipinski definition) is 4. The Balaban J connectivity index is 2.13. The molecular formula is C17H19N3O4. The topological polar surface area (TPSA) is 92.6 Å². The molecule has 1 aliphatic heterocycles. The van der Waals surface area contributed by atoms with Gasteiger partial charge in [-0.1, -0.05) is 26.0 Å². The van der Waals surface area contributed by atoms with E-state index in [1.807, 2.05) is 13.8 Å². The lowest BCUT2D eigenvalue weighted by molar-refractivity contribution is -0.384. The summed E-state index contributed by atoms with van der Waals surface area (Å²) in [6.07, 6.45) is 1.00. The van der Waals surface area contributed by atoms with Crippen molar-refractivity contribution in [2.24, 2.45) is 5.41 Å². The second-order valence-electron chi connectivity index (χ2n) is 7.09. The lowest BCUT2D eigenvalue weighted by Crippen LogP contribution is -2.49. The number of nitro benzene ring substituents is 1. The van der Waals surface area contributed by atoms with Crippen LogP contribution in [0.2, 0.25) is 0 Å². The summed E-state index contributed by atoms with van der Waals surface area (Å²) in [5.41, 5.74) is 1.51. The van der Waals surface area contributed by atoms with Crippen molar-refractivity contribution >= 4 is 17.5 Å². The number of hydrogen-bond donors (Lipinski definition) is 1. The van der Waals surface area contributed by atoms with Gasteiger partial charge in [0, 0.05) is 36.9 Å². The van der Waals surface area contributed by atoms with Gasteiger partial charge in [0.1, 0.15) is 0 Å². The lowest BCUT2D eigenvalue weighted by Gasteiger charge is -2.42. The molecule has 1 N–H and O–H groups in total. The third-order valence-corrected chi connectivity index (χ3v) is 4.58. The number of ketones is 1. The quantitative estimate of drug-likeness (QED) is 0.667. The summed E-state index contributed by atoms with van der Waals surface area (Å²) in [5.74, 6) is -0.0235. The molecule has 0 aromatic heterocycles. The van der Waals surface area contributed by atoms with Crippen LogP contribution in [0.25, 0.3) is 0 Å². The van der Waals surface area contributed by atoms with Gasteiger partial charge in [-0.2, -0.15) is 0 Å². The molecule has 1 atom stereocenters. The predicted octanol–water partition coefficient (Wildman–Crippen LogP) is 2.93. The van der Waals surface area contributed by atoms with Crippen molar-refractivity contribution in [2.75, 3.05) is 7.05 Å². The van der Waals surface area contributed by atoms with E-state index in [0.29, 0.717) is 29.7 Å². The van der Waals surface area contributed by atoms with Gasteiger partial charge in [-0.05, 0) is 17.4 Å². The summed E-state index contributed by atoms with van der Waals surface area (Å²) in [6.45, 7) is 3.99. The number of non-ortho nitro benzene ring substituents is 1. The van der Waals surface area contributed by atoms with Gasteiger partial charge in [-0.25, -0.2) is 4.79 Å². The van der Waals surface area contributed by atoms with Crippen LogP contribution in [0.3, 0.4) is 0 Å². The normalized spacial score (nSPS) is 23.0. The van der Waals surface area contributed by atoms with Gasteiger partial charge in [-0.15, -0.1) is 0 Å². The van der Waals surface area contributed by atoms with E-state index in [1.54, 1.807) is 19.2 Å². The summed E-state index contributed by atoms with van der Waals surface area (Å²) in [4.78, 5) is 37.0. The van der Waals surface area contributed by atoms with Crippen molar-refractivity contribution in [3.8, 4) is 0 Å². The molecule has 1 heterocycles. The molecule has 126 valence electrons. The fourth-order valence-corrected chi connectivity index (χ4v) is 3.41. The third-order valence-electron chi connectivity index (χ3n) is 4.58. The average molecular weight is 329 g/mol. The zero-order valence-electron chi connectivity index (χ0n) is 13.8. The van der Waals surface area contributed by atoms with E-state index in [1.165, 1.54) is 17.0 Å². The molecular weight excluding hydrogens is 310 g/mol. The molecule has 0 saturated carbocycles. The van der Waals surface area contributed by atoms with E-state index < -0.39 is 11.0 Å². The number of Topliss-reactive ketones (excluding diaryl/α,β-unsaturated/α-hetero) is 1. The second-order valence-corrected chi connectivity index (χ2v) is 7.09. The smallest absolute Gasteiger partial charge is 0.322 e. The van der Waals surface area contributed by atoms with Crippen LogP contribution in [0.5, 0.6) is 0 Å². The Morgan fingerprint density at radius 2 is 2.00 bits per heavy atom. The zero-order chi connectivity index (χ0) is 17.6. The highest BCUT2D eigenvalue weighted by Gasteiger charge is 2.42. The van der Waals surface area contributed by atoms with Gasteiger partial charge in [0.15, 0.2) is 5.78 Å². The monoisotopic (exact) mass is 329 g/mol. The molecule has 0 spiro atoms. The maximum Gasteiger partial charge on any atom is 0.322 e. The molecule has 7 nitrogen and oxygen atoms in total. The first-order valence-electron chi connectivity index (χ1n) is 7.74. The Morgan fingerprint density at radius 1 is 1.29 bits per heavy atom. The van der Waals surface area contributed by atoms with Crippen LogP contribution >= 0.6 is 0 Å². The first-order chi connectivity index (χ1) is 11.2. The number of urea groups is 1. The summed E-state index contributed by atoms with van der Waals surface area (Å²) in [7, 11) is 1.64. The first-order valence-corrected chi connectivity index (χ1v) is 7.74. The third kappa shape index (κ3) is 2.66. The molecule has 0 saturated heterocycles. The van der Waals surface area contributed by atoms with Crippen LogP contribution in [-0.4, -0.2) is 28.7 Å². The first kappa shape index (κ1) is 16.2. The molecule has 0 unspecified atom stereocenters. The molecule has 3 rings (SSSR count). The van der Waals surface area contributed by atoms with Crippen molar-refractivity contribution in [1.29, 1.82) is 0 Å². The SMILES string of the molecule is CN1C(=O)N[C@@H](c2cccc([N+](=O)[O-])c2)C2=C1CC(C)(C)CC2=O. The predicted molar refractivity (Wildman–Crippen MR) is 87.2 cm³/mol. The molecule has 7 heteroatoms. The van der Waals surface area contributed by atoms with Gasteiger partial charge in [0.05, 0.1) is 11.0 Å². The molecule has 2 amide bonds. The maximum absolute atomic E-state index is 12.7. The molecule has 0 radical (unpaired) electrons. The van der Waals surface area contributed by atoms with Crippen molar-refractivity contribution in [1.82, 2.24) is 10.2 Å². The van der Waals surface area contributed by atoms with Gasteiger partial charge < -0.3 is 10.2 Å². The van der Waals surface area contributed by atoms with Crippen LogP contribution in [0.4, 0.5) is 10.5 Å². The van der Waals surface area contributed by atoms with E-state index in [2.05, 4.69) is 5.32 Å². The number of benzene rings is 1. The molecule has 0 bridgehead atoms. The number of rotatable bonds is 2. The van der Waals surface area contributed by atoms with Crippen LogP contribution < -0.4 is 5.32 Å². The Kier molecular flexibility index (Phi) is 3.66. The van der Waals surface area contributed by atoms with Crippen molar-refractivity contribution in [3.63, 3.8) is 0 Å². The Labute approximate surface area is 139 Å². The lowest BCUT2D eigenvalue weighted by atomic mass is 9.72. The molecule has 1 aromatic carbocycles. The maximum atomic E-state index is 12.7. The summed E-state index contributed by atoms with van der Waals surface area (Å²) in [5, 5.41) is 13.8. The van der Waals surface area contributed by atoms with Crippen LogP contribution in [-0.2, 0) is 4.79 Å². The minimum Gasteiger partial charge on any atom is -0.327 e. The van der Waals surface area contributed by atoms with E-state index in [4.69, 9.17) is 0 Å². The molecule has 1 aromatic rings. The summed E-state index contributed by atoms with van der Waals surface area (Å²) >= 11 is 0. The number of allylic oxidation sites excluding steroid dienone is 1. The fourth-order valence-electron chi connectivity index (χ4n) is 3.41. The van der Waals surface area contributed by atoms with Gasteiger partial charge in [-0.3, -0.25) is 14.9 Å². The van der Waals surface area contributed by atoms with Crippen LogP contribution in [0, 0.1) is 15.5 Å². The van der Waals surface area contributed by atoms with Gasteiger partial charge >= 0.3 is 6.03 Å². The minimum absolute atomic E-state index is 0.0235. The van der Waals surface area contributed by atoms with E-state index in [9.17, 15) is 19.7 Å². The highest BCUT2D eigenvalue weighted by atomic mass is 16.6. The largest absolute Gasteiger partial charge is 0.327 e. The Hall–Kier alpha value is -2.70. The minimum atomic E-state index is -0.646. The Bertz CT molecular complexity index is 782. The van der Waals surface area contributed by atoms with Crippen molar-refractivity contribution in [3.05, 3.63) is 51.2 Å². The molecule has 2 aliphatic rings. The second kappa shape index (κ2) is 5.43. The van der Waals surface area contributed by atoms with Crippen molar-refractivity contribution < 1.29 is 14.5 Å². The number of carbonyl (C=O) groups is 2. The number of nitro groups is 1. The number of nitrogens with zero attached hydrogens (tertiary/aromatic N) is 2. The molecule has 24 heavy (non-hydrogen) atoms. The summed E-state index contributed by atoms with van der Waals surface area (Å²) in [6, 6.07) is 5.11. The van der Waals surface area contributed by atoms with Gasteiger partial charge in [0.2, 0.25) is 0 Å². The van der Waals surface area contributed by atoms with Crippen LogP contribution in [0.15, 0.2) is 35.5 Å². The van der Waals surface area contributed by atoms with Crippen LogP contribution in [0.1, 0.15) is 38.3 Å². The van der Waals surface area contributed by atoms with Crippen molar-refractivity contribution in [2.45, 2.75) is 32.7 Å². The number of amides is 2. The van der Waals surface area contributed by atoms with E-state index >= 15 is 0 Å². The number of carbonyl (C=O) groups excluding carboxylic acids is 2. The standard InChI is InChI=1S/C17H19N3O4/c1-17(2)8-12-14(13(21)9-17)15(18-16(22)19(12)3)10-5-4-6-11(7-10)20(23)24/h4-7,15H,8-9H2,1-3H3,(H,18,22)/t15-/m0/s1. The Morgan fingerprint density at radius 3 is 2.67 bits per heavy atom. The zero-order valence-corrected chi connectivity index (χ0v) is 13.8. The highest BCUT2D eigenvalue weighted by Crippen LogP contribution is 2.43. The van der Waals surface area contributed by atoms with E-state index in [0.717, 1.165) is 0 Å². The highest BCUT2D eigenvalue weighted by molar-refractivity contribution is 6.01. The fraction of sp³-hybridized carbons (Fsp3) is 0.412. The summed E-state index contributed by atoms with van der Waals surface area (Å²) < 4.78 is 0. The average Bonchev–Trinajstić information content (AvgIpc) is 2.50. The molecule has 1 aliphatic carbocycles. The number of nitrogens with one attached hydrogen (secondary N) is 1. The molecule has 0 fully saturated rings. The van der Waals surface area contributed by atoms with E-state index in [-0.39, 0.29) is 22.9 Å². The van der Waals surface area contributed by atoms with Gasteiger partial charge in [0.25, 0.3) is 5.69 Å².